The fourth-order valence-electron chi connectivity index (χ4n) is 3.25. The third-order valence-electron chi connectivity index (χ3n) is 4.79. The summed E-state index contributed by atoms with van der Waals surface area (Å²) < 4.78 is 0. The van der Waals surface area contributed by atoms with Gasteiger partial charge >= 0.3 is 11.9 Å². The third kappa shape index (κ3) is 4.45. The van der Waals surface area contributed by atoms with Gasteiger partial charge in [0.05, 0.1) is 11.3 Å². The highest BCUT2D eigenvalue weighted by molar-refractivity contribution is 5.75. The molecule has 0 rings (SSSR count). The van der Waals surface area contributed by atoms with E-state index in [1.807, 2.05) is 48.5 Å². The highest BCUT2D eigenvalue weighted by atomic mass is 16.4. The van der Waals surface area contributed by atoms with Crippen LogP contribution in [0.2, 0.25) is 0 Å². The van der Waals surface area contributed by atoms with Gasteiger partial charge in [0.25, 0.3) is 0 Å². The van der Waals surface area contributed by atoms with Crippen LogP contribution in [0.25, 0.3) is 0 Å². The number of carbonyl (C=O) groups is 2. The summed E-state index contributed by atoms with van der Waals surface area (Å²) in [5, 5.41) is 19.3. The van der Waals surface area contributed by atoms with Gasteiger partial charge in [-0.25, -0.2) is 0 Å². The summed E-state index contributed by atoms with van der Waals surface area (Å²) in [6.07, 6.45) is 0. The van der Waals surface area contributed by atoms with E-state index in [-0.39, 0.29) is 17.3 Å². The second kappa shape index (κ2) is 5.98. The Morgan fingerprint density at radius 2 is 1.19 bits per heavy atom. The molecule has 0 radical (unpaired) electrons. The van der Waals surface area contributed by atoms with E-state index in [2.05, 4.69) is 0 Å². The first-order valence-electron chi connectivity index (χ1n) is 7.50. The van der Waals surface area contributed by atoms with Crippen molar-refractivity contribution < 1.29 is 19.8 Å². The smallest absolute Gasteiger partial charge is 0.309 e. The van der Waals surface area contributed by atoms with Crippen molar-refractivity contribution in [3.8, 4) is 0 Å². The SMILES string of the molecule is CC(C(C(C(=O)O)C(C)(C)C)C(C)(C)C)C(C)(C)C(=O)O. The predicted octanol–water partition coefficient (Wildman–Crippen LogP) is 4.14. The molecule has 2 N–H and O–H groups in total. The lowest BCUT2D eigenvalue weighted by Gasteiger charge is -2.48. The fourth-order valence-corrected chi connectivity index (χ4v) is 3.25. The van der Waals surface area contributed by atoms with Gasteiger partial charge in [-0.05, 0) is 36.5 Å². The van der Waals surface area contributed by atoms with Crippen LogP contribution in [0.1, 0.15) is 62.3 Å². The standard InChI is InChI=1S/C17H32O4/c1-10(17(8,9)14(20)21)11(15(2,3)4)12(13(18)19)16(5,6)7/h10-12H,1-9H3,(H,18,19)(H,20,21). The summed E-state index contributed by atoms with van der Waals surface area (Å²) >= 11 is 0. The zero-order valence-corrected chi connectivity index (χ0v) is 14.9. The molecule has 0 bridgehead atoms. The molecule has 0 aliphatic rings. The van der Waals surface area contributed by atoms with Crippen LogP contribution in [0.3, 0.4) is 0 Å². The van der Waals surface area contributed by atoms with Crippen LogP contribution in [0, 0.1) is 34.0 Å². The minimum absolute atomic E-state index is 0.249. The minimum Gasteiger partial charge on any atom is -0.481 e. The van der Waals surface area contributed by atoms with Crippen molar-refractivity contribution in [2.24, 2.45) is 34.0 Å². The maximum atomic E-state index is 11.9. The number of hydrogen-bond acceptors (Lipinski definition) is 2. The van der Waals surface area contributed by atoms with Crippen LogP contribution in [0.4, 0.5) is 0 Å². The molecule has 4 heteroatoms. The molecule has 3 atom stereocenters. The quantitative estimate of drug-likeness (QED) is 0.800. The topological polar surface area (TPSA) is 74.6 Å². The summed E-state index contributed by atoms with van der Waals surface area (Å²) in [7, 11) is 0. The Hall–Kier alpha value is -1.06. The van der Waals surface area contributed by atoms with Gasteiger partial charge in [0.1, 0.15) is 0 Å². The Bertz CT molecular complexity index is 396. The van der Waals surface area contributed by atoms with Crippen LogP contribution >= 0.6 is 0 Å². The molecule has 0 saturated carbocycles. The highest BCUT2D eigenvalue weighted by Gasteiger charge is 2.51. The Kier molecular flexibility index (Phi) is 5.67. The van der Waals surface area contributed by atoms with Gasteiger partial charge in [0.2, 0.25) is 0 Å². The van der Waals surface area contributed by atoms with Crippen molar-refractivity contribution in [3.05, 3.63) is 0 Å². The molecule has 4 nitrogen and oxygen atoms in total. The Morgan fingerprint density at radius 1 is 0.810 bits per heavy atom. The maximum Gasteiger partial charge on any atom is 0.309 e. The number of carboxylic acid groups (broad SMARTS) is 2. The Morgan fingerprint density at radius 3 is 1.38 bits per heavy atom. The van der Waals surface area contributed by atoms with Gasteiger partial charge < -0.3 is 10.2 Å². The van der Waals surface area contributed by atoms with E-state index in [0.717, 1.165) is 0 Å². The number of rotatable bonds is 5. The summed E-state index contributed by atoms with van der Waals surface area (Å²) in [5.41, 5.74) is -1.72. The van der Waals surface area contributed by atoms with E-state index < -0.39 is 28.7 Å². The Labute approximate surface area is 128 Å². The highest BCUT2D eigenvalue weighted by Crippen LogP contribution is 2.50. The average molecular weight is 300 g/mol. The normalized spacial score (nSPS) is 18.0. The molecule has 0 aromatic heterocycles. The van der Waals surface area contributed by atoms with Gasteiger partial charge in [0.15, 0.2) is 0 Å². The number of hydrogen-bond donors (Lipinski definition) is 2. The van der Waals surface area contributed by atoms with Gasteiger partial charge in [-0.3, -0.25) is 9.59 Å². The van der Waals surface area contributed by atoms with Crippen LogP contribution in [0.5, 0.6) is 0 Å². The number of carboxylic acids is 2. The van der Waals surface area contributed by atoms with E-state index in [1.54, 1.807) is 13.8 Å². The molecule has 0 saturated heterocycles. The molecule has 0 fully saturated rings. The lowest BCUT2D eigenvalue weighted by atomic mass is 9.55. The zero-order valence-electron chi connectivity index (χ0n) is 14.9. The molecule has 0 heterocycles. The maximum absolute atomic E-state index is 11.9. The van der Waals surface area contributed by atoms with Gasteiger partial charge in [-0.15, -0.1) is 0 Å². The van der Waals surface area contributed by atoms with Crippen LogP contribution in [0.15, 0.2) is 0 Å². The lowest BCUT2D eigenvalue weighted by Crippen LogP contribution is -2.49. The van der Waals surface area contributed by atoms with Gasteiger partial charge in [-0.2, -0.15) is 0 Å². The van der Waals surface area contributed by atoms with Crippen molar-refractivity contribution in [1.82, 2.24) is 0 Å². The first-order valence-corrected chi connectivity index (χ1v) is 7.50. The largest absolute Gasteiger partial charge is 0.481 e. The molecule has 0 aromatic carbocycles. The molecule has 3 unspecified atom stereocenters. The van der Waals surface area contributed by atoms with E-state index in [1.165, 1.54) is 0 Å². The number of aliphatic carboxylic acids is 2. The summed E-state index contributed by atoms with van der Waals surface area (Å²) in [5.74, 6) is -2.86. The lowest BCUT2D eigenvalue weighted by molar-refractivity contribution is -0.162. The van der Waals surface area contributed by atoms with Crippen molar-refractivity contribution in [3.63, 3.8) is 0 Å². The minimum atomic E-state index is -0.975. The zero-order chi connectivity index (χ0) is 17.4. The van der Waals surface area contributed by atoms with E-state index in [9.17, 15) is 19.8 Å². The molecular formula is C17H32O4. The van der Waals surface area contributed by atoms with Crippen molar-refractivity contribution in [1.29, 1.82) is 0 Å². The van der Waals surface area contributed by atoms with E-state index in [0.29, 0.717) is 0 Å². The van der Waals surface area contributed by atoms with Crippen LogP contribution in [-0.4, -0.2) is 22.2 Å². The second-order valence-electron chi connectivity index (χ2n) is 8.89. The summed E-state index contributed by atoms with van der Waals surface area (Å²) in [4.78, 5) is 23.5. The molecular weight excluding hydrogens is 268 g/mol. The predicted molar refractivity (Wildman–Crippen MR) is 84.1 cm³/mol. The molecule has 21 heavy (non-hydrogen) atoms. The van der Waals surface area contributed by atoms with E-state index in [4.69, 9.17) is 0 Å². The van der Waals surface area contributed by atoms with Crippen molar-refractivity contribution in [2.75, 3.05) is 0 Å². The van der Waals surface area contributed by atoms with Crippen molar-refractivity contribution in [2.45, 2.75) is 62.3 Å². The molecule has 0 aliphatic heterocycles. The van der Waals surface area contributed by atoms with Gasteiger partial charge in [0, 0.05) is 0 Å². The summed E-state index contributed by atoms with van der Waals surface area (Å²) in [6, 6.07) is 0. The molecule has 124 valence electrons. The van der Waals surface area contributed by atoms with Crippen LogP contribution < -0.4 is 0 Å². The van der Waals surface area contributed by atoms with Crippen LogP contribution in [-0.2, 0) is 9.59 Å². The first kappa shape index (κ1) is 19.9. The monoisotopic (exact) mass is 300 g/mol. The summed E-state index contributed by atoms with van der Waals surface area (Å²) in [6.45, 7) is 16.9. The van der Waals surface area contributed by atoms with Gasteiger partial charge in [-0.1, -0.05) is 48.5 Å². The average Bonchev–Trinajstić information content (AvgIpc) is 2.20. The fraction of sp³-hybridized carbons (Fsp3) is 0.882. The van der Waals surface area contributed by atoms with E-state index >= 15 is 0 Å². The second-order valence-corrected chi connectivity index (χ2v) is 8.89. The molecule has 0 aliphatic carbocycles. The molecule has 0 aromatic rings. The van der Waals surface area contributed by atoms with Crippen molar-refractivity contribution >= 4 is 11.9 Å². The molecule has 0 spiro atoms. The Balaban J connectivity index is 6.03. The molecule has 0 amide bonds. The first-order chi connectivity index (χ1) is 9.04. The third-order valence-corrected chi connectivity index (χ3v) is 4.79.